The van der Waals surface area contributed by atoms with Crippen LogP contribution in [0, 0.1) is 11.8 Å². The molecule has 1 heterocycles. The van der Waals surface area contributed by atoms with Crippen molar-refractivity contribution in [3.63, 3.8) is 0 Å². The Morgan fingerprint density at radius 3 is 2.83 bits per heavy atom. The monoisotopic (exact) mass is 253 g/mol. The van der Waals surface area contributed by atoms with Crippen LogP contribution in [-0.2, 0) is 4.79 Å². The van der Waals surface area contributed by atoms with Crippen LogP contribution in [-0.4, -0.2) is 27.6 Å². The van der Waals surface area contributed by atoms with E-state index in [9.17, 15) is 9.59 Å². The van der Waals surface area contributed by atoms with Crippen LogP contribution in [0.15, 0.2) is 17.2 Å². The molecule has 0 fully saturated rings. The smallest absolute Gasteiger partial charge is 0.303 e. The molecule has 0 aliphatic rings. The third kappa shape index (κ3) is 4.99. The molecule has 0 saturated heterocycles. The fourth-order valence-electron chi connectivity index (χ4n) is 1.87. The lowest BCUT2D eigenvalue weighted by molar-refractivity contribution is -0.138. The van der Waals surface area contributed by atoms with Crippen LogP contribution in [0.3, 0.4) is 0 Å². The van der Waals surface area contributed by atoms with Crippen molar-refractivity contribution < 1.29 is 9.90 Å². The molecule has 1 atom stereocenters. The standard InChI is InChI=1S/C12H19N3O3/c1-8(2)5-9(6-10(16)17)7-15-11-12(18)14-4-3-13-11/h3-4,8-9H,5-7H2,1-2H3,(H,13,15)(H,14,18)(H,16,17). The summed E-state index contributed by atoms with van der Waals surface area (Å²) in [6.45, 7) is 4.52. The Hall–Kier alpha value is -1.85. The number of hydrogen-bond donors (Lipinski definition) is 3. The van der Waals surface area contributed by atoms with Gasteiger partial charge in [0.15, 0.2) is 5.82 Å². The third-order valence-electron chi connectivity index (χ3n) is 2.53. The Labute approximate surface area is 105 Å². The summed E-state index contributed by atoms with van der Waals surface area (Å²) < 4.78 is 0. The van der Waals surface area contributed by atoms with Crippen molar-refractivity contribution in [2.75, 3.05) is 11.9 Å². The van der Waals surface area contributed by atoms with Crippen LogP contribution in [0.2, 0.25) is 0 Å². The first-order valence-electron chi connectivity index (χ1n) is 5.98. The Bertz CT molecular complexity index is 442. The topological polar surface area (TPSA) is 95.1 Å². The van der Waals surface area contributed by atoms with E-state index in [0.717, 1.165) is 6.42 Å². The summed E-state index contributed by atoms with van der Waals surface area (Å²) in [6, 6.07) is 0. The highest BCUT2D eigenvalue weighted by Crippen LogP contribution is 2.15. The maximum atomic E-state index is 11.4. The second kappa shape index (κ2) is 6.78. The predicted octanol–water partition coefficient (Wildman–Crippen LogP) is 1.32. The number of carboxylic acid groups (broad SMARTS) is 1. The fourth-order valence-corrected chi connectivity index (χ4v) is 1.87. The summed E-state index contributed by atoms with van der Waals surface area (Å²) in [5.41, 5.74) is -0.295. The first-order chi connectivity index (χ1) is 8.49. The second-order valence-corrected chi connectivity index (χ2v) is 4.74. The maximum Gasteiger partial charge on any atom is 0.303 e. The molecule has 3 N–H and O–H groups in total. The minimum atomic E-state index is -0.822. The van der Waals surface area contributed by atoms with Crippen molar-refractivity contribution in [2.45, 2.75) is 26.7 Å². The molecular formula is C12H19N3O3. The van der Waals surface area contributed by atoms with Crippen molar-refractivity contribution in [2.24, 2.45) is 11.8 Å². The summed E-state index contributed by atoms with van der Waals surface area (Å²) in [4.78, 5) is 28.6. The number of H-pyrrole nitrogens is 1. The van der Waals surface area contributed by atoms with E-state index >= 15 is 0 Å². The molecule has 1 rings (SSSR count). The highest BCUT2D eigenvalue weighted by atomic mass is 16.4. The summed E-state index contributed by atoms with van der Waals surface area (Å²) in [5.74, 6) is -0.184. The zero-order valence-corrected chi connectivity index (χ0v) is 10.6. The molecule has 6 nitrogen and oxygen atoms in total. The van der Waals surface area contributed by atoms with Crippen molar-refractivity contribution in [3.8, 4) is 0 Å². The number of rotatable bonds is 7. The number of carbonyl (C=O) groups is 1. The molecule has 0 saturated carbocycles. The van der Waals surface area contributed by atoms with E-state index in [0.29, 0.717) is 12.5 Å². The van der Waals surface area contributed by atoms with E-state index in [2.05, 4.69) is 15.3 Å². The molecule has 0 spiro atoms. The van der Waals surface area contributed by atoms with E-state index in [1.165, 1.54) is 12.4 Å². The number of anilines is 1. The highest BCUT2D eigenvalue weighted by molar-refractivity contribution is 5.67. The lowest BCUT2D eigenvalue weighted by Crippen LogP contribution is -2.23. The Kier molecular flexibility index (Phi) is 5.35. The fraction of sp³-hybridized carbons (Fsp3) is 0.583. The number of nitrogens with zero attached hydrogens (tertiary/aromatic N) is 1. The van der Waals surface area contributed by atoms with Crippen LogP contribution in [0.1, 0.15) is 26.7 Å². The normalized spacial score (nSPS) is 12.4. The lowest BCUT2D eigenvalue weighted by atomic mass is 9.94. The number of aromatic nitrogens is 2. The van der Waals surface area contributed by atoms with Gasteiger partial charge < -0.3 is 15.4 Å². The maximum absolute atomic E-state index is 11.4. The molecule has 1 aromatic heterocycles. The first kappa shape index (κ1) is 14.2. The second-order valence-electron chi connectivity index (χ2n) is 4.74. The summed E-state index contributed by atoms with van der Waals surface area (Å²) >= 11 is 0. The Morgan fingerprint density at radius 1 is 1.56 bits per heavy atom. The minimum Gasteiger partial charge on any atom is -0.481 e. The van der Waals surface area contributed by atoms with E-state index in [1.54, 1.807) is 0 Å². The summed E-state index contributed by atoms with van der Waals surface area (Å²) in [5, 5.41) is 11.7. The van der Waals surface area contributed by atoms with Gasteiger partial charge in [0.05, 0.1) is 0 Å². The molecule has 0 radical (unpaired) electrons. The summed E-state index contributed by atoms with van der Waals surface area (Å²) in [7, 11) is 0. The molecule has 6 heteroatoms. The molecular weight excluding hydrogens is 234 g/mol. The largest absolute Gasteiger partial charge is 0.481 e. The summed E-state index contributed by atoms with van der Waals surface area (Å²) in [6.07, 6.45) is 3.83. The van der Waals surface area contributed by atoms with Gasteiger partial charge in [0, 0.05) is 25.4 Å². The lowest BCUT2D eigenvalue weighted by Gasteiger charge is -2.17. The van der Waals surface area contributed by atoms with Crippen molar-refractivity contribution in [3.05, 3.63) is 22.7 Å². The van der Waals surface area contributed by atoms with Crippen molar-refractivity contribution in [1.82, 2.24) is 9.97 Å². The molecule has 0 amide bonds. The van der Waals surface area contributed by atoms with Gasteiger partial charge in [0.1, 0.15) is 0 Å². The quantitative estimate of drug-likeness (QED) is 0.681. The van der Waals surface area contributed by atoms with Crippen LogP contribution in [0.5, 0.6) is 0 Å². The predicted molar refractivity (Wildman–Crippen MR) is 68.5 cm³/mol. The van der Waals surface area contributed by atoms with E-state index < -0.39 is 5.97 Å². The van der Waals surface area contributed by atoms with Gasteiger partial charge >= 0.3 is 5.97 Å². The number of aromatic amines is 1. The van der Waals surface area contributed by atoms with E-state index in [-0.39, 0.29) is 23.7 Å². The third-order valence-corrected chi connectivity index (χ3v) is 2.53. The van der Waals surface area contributed by atoms with Crippen LogP contribution >= 0.6 is 0 Å². The average Bonchev–Trinajstić information content (AvgIpc) is 2.26. The van der Waals surface area contributed by atoms with Gasteiger partial charge in [-0.3, -0.25) is 9.59 Å². The molecule has 0 bridgehead atoms. The molecule has 1 aromatic rings. The molecule has 100 valence electrons. The van der Waals surface area contributed by atoms with Crippen molar-refractivity contribution >= 4 is 11.8 Å². The van der Waals surface area contributed by atoms with Gasteiger partial charge in [-0.1, -0.05) is 13.8 Å². The average molecular weight is 253 g/mol. The molecule has 0 aliphatic heterocycles. The zero-order chi connectivity index (χ0) is 13.5. The van der Waals surface area contributed by atoms with Crippen LogP contribution in [0.4, 0.5) is 5.82 Å². The highest BCUT2D eigenvalue weighted by Gasteiger charge is 2.15. The zero-order valence-electron chi connectivity index (χ0n) is 10.6. The van der Waals surface area contributed by atoms with Crippen molar-refractivity contribution in [1.29, 1.82) is 0 Å². The SMILES string of the molecule is CC(C)CC(CNc1ncc[nH]c1=O)CC(=O)O. The first-order valence-corrected chi connectivity index (χ1v) is 5.98. The van der Waals surface area contributed by atoms with Crippen LogP contribution < -0.4 is 10.9 Å². The van der Waals surface area contributed by atoms with Gasteiger partial charge in [-0.15, -0.1) is 0 Å². The molecule has 0 aromatic carbocycles. The molecule has 0 aliphatic carbocycles. The van der Waals surface area contributed by atoms with E-state index in [4.69, 9.17) is 5.11 Å². The number of nitrogens with one attached hydrogen (secondary N) is 2. The van der Waals surface area contributed by atoms with Gasteiger partial charge in [-0.2, -0.15) is 0 Å². The minimum absolute atomic E-state index is 0.0103. The molecule has 18 heavy (non-hydrogen) atoms. The van der Waals surface area contributed by atoms with Gasteiger partial charge in [-0.05, 0) is 18.3 Å². The Morgan fingerprint density at radius 2 is 2.28 bits per heavy atom. The van der Waals surface area contributed by atoms with Gasteiger partial charge in [-0.25, -0.2) is 4.98 Å². The Balaban J connectivity index is 2.58. The van der Waals surface area contributed by atoms with Gasteiger partial charge in [0.25, 0.3) is 5.56 Å². The van der Waals surface area contributed by atoms with Crippen LogP contribution in [0.25, 0.3) is 0 Å². The number of hydrogen-bond acceptors (Lipinski definition) is 4. The van der Waals surface area contributed by atoms with E-state index in [1.807, 2.05) is 13.8 Å². The number of aliphatic carboxylic acids is 1. The molecule has 1 unspecified atom stereocenters. The van der Waals surface area contributed by atoms with Gasteiger partial charge in [0.2, 0.25) is 0 Å². The number of carboxylic acids is 1.